The lowest BCUT2D eigenvalue weighted by Crippen LogP contribution is -2.51. The van der Waals surface area contributed by atoms with Gasteiger partial charge in [-0.15, -0.1) is 0 Å². The number of alkyl carbamates (subject to hydrolysis) is 2. The second kappa shape index (κ2) is 17.2. The van der Waals surface area contributed by atoms with Crippen LogP contribution in [-0.2, 0) is 19.1 Å². The van der Waals surface area contributed by atoms with Crippen LogP contribution in [0.3, 0.4) is 0 Å². The summed E-state index contributed by atoms with van der Waals surface area (Å²) >= 11 is 0. The molecule has 3 aliphatic heterocycles. The zero-order valence-electron chi connectivity index (χ0n) is 33.8. The highest BCUT2D eigenvalue weighted by atomic mass is 16.6. The number of ether oxygens (including phenoxy) is 4. The van der Waals surface area contributed by atoms with Gasteiger partial charge < -0.3 is 49.3 Å². The maximum Gasteiger partial charge on any atom is 0.407 e. The highest BCUT2D eigenvalue weighted by molar-refractivity contribution is 5.87. The van der Waals surface area contributed by atoms with Crippen molar-refractivity contribution in [3.05, 3.63) is 60.4 Å². The highest BCUT2D eigenvalue weighted by Gasteiger charge is 2.39. The van der Waals surface area contributed by atoms with Gasteiger partial charge in [-0.25, -0.2) is 19.6 Å². The summed E-state index contributed by atoms with van der Waals surface area (Å²) in [6.07, 6.45) is 5.41. The molecule has 2 saturated heterocycles. The summed E-state index contributed by atoms with van der Waals surface area (Å²) in [6, 6.07) is 10.2. The number of carbonyl (C=O) groups is 4. The number of nitrogens with zero attached hydrogens (tertiary/aromatic N) is 4. The molecule has 0 unspecified atom stereocenters. The van der Waals surface area contributed by atoms with Crippen LogP contribution in [0.25, 0.3) is 33.6 Å². The zero-order valence-corrected chi connectivity index (χ0v) is 33.8. The molecular formula is C42H52N8O8. The van der Waals surface area contributed by atoms with Gasteiger partial charge in [0.05, 0.1) is 50.1 Å². The van der Waals surface area contributed by atoms with Crippen molar-refractivity contribution in [2.45, 2.75) is 77.5 Å². The molecule has 58 heavy (non-hydrogen) atoms. The van der Waals surface area contributed by atoms with Gasteiger partial charge in [-0.1, -0.05) is 52.0 Å². The van der Waals surface area contributed by atoms with Crippen LogP contribution >= 0.6 is 0 Å². The molecule has 4 N–H and O–H groups in total. The third kappa shape index (κ3) is 8.04. The summed E-state index contributed by atoms with van der Waals surface area (Å²) in [5.74, 6) is 2.03. The molecule has 0 aliphatic carbocycles. The summed E-state index contributed by atoms with van der Waals surface area (Å²) in [7, 11) is 2.57. The number of carbonyl (C=O) groups excluding carboxylic acids is 4. The number of hydrogen-bond acceptors (Lipinski definition) is 10. The summed E-state index contributed by atoms with van der Waals surface area (Å²) in [6.45, 7) is 9.50. The van der Waals surface area contributed by atoms with Crippen LogP contribution in [-0.4, -0.2) is 106 Å². The number of nitrogens with one attached hydrogen (secondary N) is 4. The third-order valence-electron chi connectivity index (χ3n) is 11.2. The summed E-state index contributed by atoms with van der Waals surface area (Å²) < 4.78 is 22.0. The predicted octanol–water partition coefficient (Wildman–Crippen LogP) is 5.99. The Kier molecular flexibility index (Phi) is 11.9. The molecule has 308 valence electrons. The van der Waals surface area contributed by atoms with Crippen molar-refractivity contribution in [3.8, 4) is 45.1 Å². The van der Waals surface area contributed by atoms with Crippen molar-refractivity contribution in [2.24, 2.45) is 11.8 Å². The first-order chi connectivity index (χ1) is 28.0. The number of benzene rings is 2. The number of aromatic nitrogens is 4. The first-order valence-electron chi connectivity index (χ1n) is 19.9. The van der Waals surface area contributed by atoms with Gasteiger partial charge >= 0.3 is 12.2 Å². The zero-order chi connectivity index (χ0) is 41.1. The Morgan fingerprint density at radius 2 is 1.12 bits per heavy atom. The molecule has 2 aromatic carbocycles. The molecule has 2 aromatic heterocycles. The highest BCUT2D eigenvalue weighted by Crippen LogP contribution is 2.46. The SMILES string of the molecule is COC(=O)N[C@H](C(=O)N1CCC[C@H]1c1ncc(-c2ccc(-c3ccc(-c4cnc([C@@H]5CCCN5C(=O)[C@@H](NC(=O)OC)C(C)C)[nH]4)c4c3OCCO4)cc2)[nH]1)C(C)C. The molecule has 4 aromatic rings. The number of rotatable bonds is 11. The molecule has 0 saturated carbocycles. The maximum atomic E-state index is 13.7. The van der Waals surface area contributed by atoms with Gasteiger partial charge in [0.2, 0.25) is 11.8 Å². The molecule has 4 atom stereocenters. The van der Waals surface area contributed by atoms with E-state index in [2.05, 4.69) is 25.6 Å². The predicted molar refractivity (Wildman–Crippen MR) is 214 cm³/mol. The number of H-pyrrole nitrogens is 2. The molecular weight excluding hydrogens is 745 g/mol. The van der Waals surface area contributed by atoms with E-state index in [1.807, 2.05) is 64.1 Å². The van der Waals surface area contributed by atoms with E-state index in [0.717, 1.165) is 59.3 Å². The first kappa shape index (κ1) is 40.1. The molecule has 0 spiro atoms. The molecule has 3 aliphatic rings. The van der Waals surface area contributed by atoms with Crippen molar-refractivity contribution in [3.63, 3.8) is 0 Å². The van der Waals surface area contributed by atoms with Crippen molar-refractivity contribution in [1.29, 1.82) is 0 Å². The minimum atomic E-state index is -0.722. The minimum Gasteiger partial charge on any atom is -0.485 e. The fourth-order valence-corrected chi connectivity index (χ4v) is 8.09. The van der Waals surface area contributed by atoms with E-state index in [1.54, 1.807) is 22.2 Å². The number of methoxy groups -OCH3 is 2. The van der Waals surface area contributed by atoms with Crippen molar-refractivity contribution in [2.75, 3.05) is 40.5 Å². The lowest BCUT2D eigenvalue weighted by Gasteiger charge is -2.30. The first-order valence-corrected chi connectivity index (χ1v) is 19.9. The second-order valence-corrected chi connectivity index (χ2v) is 15.6. The van der Waals surface area contributed by atoms with E-state index in [9.17, 15) is 19.2 Å². The quantitative estimate of drug-likeness (QED) is 0.140. The molecule has 7 rings (SSSR count). The standard InChI is InChI=1S/C42H52N8O8/c1-23(2)33(47-41(53)55-5)39(51)49-17-7-9-31(49)37-43-21-29(45-37)26-13-11-25(12-14-26)27-15-16-28(36-35(27)57-19-20-58-36)30-22-44-38(46-30)32-10-8-18-50(32)40(52)34(24(3)4)48-42(54)56-6/h11-16,21-24,31-34H,7-10,17-20H2,1-6H3,(H,43,45)(H,44,46)(H,47,53)(H,48,54)/t31-,32-,33-,34-/m0/s1. The van der Waals surface area contributed by atoms with E-state index in [0.29, 0.717) is 49.5 Å². The third-order valence-corrected chi connectivity index (χ3v) is 11.2. The Hall–Kier alpha value is -6.06. The van der Waals surface area contributed by atoms with Gasteiger partial charge in [0, 0.05) is 24.2 Å². The van der Waals surface area contributed by atoms with E-state index in [1.165, 1.54) is 14.2 Å². The number of aromatic amines is 2. The van der Waals surface area contributed by atoms with Crippen molar-refractivity contribution < 1.29 is 38.1 Å². The molecule has 2 fully saturated rings. The monoisotopic (exact) mass is 796 g/mol. The topological polar surface area (TPSA) is 193 Å². The number of likely N-dealkylation sites (tertiary alicyclic amines) is 2. The van der Waals surface area contributed by atoms with Crippen LogP contribution in [0.1, 0.15) is 77.1 Å². The van der Waals surface area contributed by atoms with Crippen LogP contribution in [0.15, 0.2) is 48.8 Å². The Morgan fingerprint density at radius 1 is 0.672 bits per heavy atom. The fraction of sp³-hybridized carbons (Fsp3) is 0.476. The van der Waals surface area contributed by atoms with E-state index >= 15 is 0 Å². The smallest absolute Gasteiger partial charge is 0.407 e. The molecule has 16 nitrogen and oxygen atoms in total. The Morgan fingerprint density at radius 3 is 1.62 bits per heavy atom. The second-order valence-electron chi connectivity index (χ2n) is 15.6. The number of hydrogen-bond donors (Lipinski definition) is 4. The number of amides is 4. The molecule has 0 bridgehead atoms. The number of fused-ring (bicyclic) bond motifs is 1. The van der Waals surface area contributed by atoms with Crippen molar-refractivity contribution in [1.82, 2.24) is 40.4 Å². The minimum absolute atomic E-state index is 0.120. The Balaban J connectivity index is 1.08. The summed E-state index contributed by atoms with van der Waals surface area (Å²) in [5, 5.41) is 5.39. The Bertz CT molecular complexity index is 2130. The van der Waals surface area contributed by atoms with E-state index in [4.69, 9.17) is 23.9 Å². The van der Waals surface area contributed by atoms with E-state index in [-0.39, 0.29) is 35.7 Å². The molecule has 4 amide bonds. The van der Waals surface area contributed by atoms with Crippen LogP contribution in [0, 0.1) is 11.8 Å². The van der Waals surface area contributed by atoms with Gasteiger partial charge in [-0.2, -0.15) is 0 Å². The van der Waals surface area contributed by atoms with Gasteiger partial charge in [-0.05, 0) is 60.8 Å². The van der Waals surface area contributed by atoms with Crippen LogP contribution in [0.2, 0.25) is 0 Å². The fourth-order valence-electron chi connectivity index (χ4n) is 8.09. The maximum absolute atomic E-state index is 13.7. The largest absolute Gasteiger partial charge is 0.485 e. The summed E-state index contributed by atoms with van der Waals surface area (Å²) in [5.41, 5.74) is 5.10. The molecule has 0 radical (unpaired) electrons. The van der Waals surface area contributed by atoms with E-state index < -0.39 is 24.3 Å². The van der Waals surface area contributed by atoms with Gasteiger partial charge in [0.15, 0.2) is 11.5 Å². The Labute approximate surface area is 337 Å². The van der Waals surface area contributed by atoms with Gasteiger partial charge in [0.1, 0.15) is 36.9 Å². The van der Waals surface area contributed by atoms with Crippen molar-refractivity contribution >= 4 is 24.0 Å². The average molecular weight is 797 g/mol. The molecule has 5 heterocycles. The lowest BCUT2D eigenvalue weighted by atomic mass is 9.98. The van der Waals surface area contributed by atoms with Crippen LogP contribution in [0.5, 0.6) is 11.5 Å². The number of imidazole rings is 2. The lowest BCUT2D eigenvalue weighted by molar-refractivity contribution is -0.136. The molecule has 16 heteroatoms. The average Bonchev–Trinajstić information content (AvgIpc) is 4.08. The van der Waals surface area contributed by atoms with Crippen LogP contribution in [0.4, 0.5) is 9.59 Å². The normalized spacial score (nSPS) is 18.6. The van der Waals surface area contributed by atoms with Crippen LogP contribution < -0.4 is 20.1 Å². The summed E-state index contributed by atoms with van der Waals surface area (Å²) in [4.78, 5) is 71.2. The van der Waals surface area contributed by atoms with Gasteiger partial charge in [-0.3, -0.25) is 9.59 Å². The van der Waals surface area contributed by atoms with Gasteiger partial charge in [0.25, 0.3) is 0 Å².